The number of hydrogen-bond donors (Lipinski definition) is 3. The Morgan fingerprint density at radius 1 is 1.62 bits per heavy atom. The van der Waals surface area contributed by atoms with E-state index in [9.17, 15) is 0 Å². The van der Waals surface area contributed by atoms with Crippen LogP contribution in [0, 0.1) is 0 Å². The molecule has 0 unspecified atom stereocenters. The monoisotopic (exact) mass is 224 g/mol. The molecule has 16 heavy (non-hydrogen) atoms. The Kier molecular flexibility index (Phi) is 4.78. The lowest BCUT2D eigenvalue weighted by Crippen LogP contribution is -2.44. The summed E-state index contributed by atoms with van der Waals surface area (Å²) in [5.41, 5.74) is 3.57. The van der Waals surface area contributed by atoms with Crippen LogP contribution in [0.15, 0.2) is 17.3 Å². The molecule has 0 radical (unpaired) electrons. The highest BCUT2D eigenvalue weighted by atomic mass is 15.3. The number of nitrogens with two attached hydrogens (primary N) is 1. The lowest BCUT2D eigenvalue weighted by molar-refractivity contribution is 0.699. The fourth-order valence-electron chi connectivity index (χ4n) is 1.29. The van der Waals surface area contributed by atoms with E-state index in [1.54, 1.807) is 4.68 Å². The molecule has 0 aliphatic rings. The molecule has 0 aliphatic carbocycles. The molecule has 0 fully saturated rings. The number of aryl methyl sites for hydroxylation is 1. The number of guanidine groups is 1. The van der Waals surface area contributed by atoms with Crippen LogP contribution in [-0.4, -0.2) is 28.3 Å². The maximum absolute atomic E-state index is 5.34. The topological polar surface area (TPSA) is 80.3 Å². The maximum Gasteiger partial charge on any atom is 0.205 e. The van der Waals surface area contributed by atoms with Crippen LogP contribution >= 0.6 is 0 Å². The van der Waals surface area contributed by atoms with Crippen LogP contribution in [0.2, 0.25) is 0 Å². The Morgan fingerprint density at radius 2 is 2.38 bits per heavy atom. The van der Waals surface area contributed by atoms with E-state index in [-0.39, 0.29) is 0 Å². The third kappa shape index (κ3) is 4.31. The fraction of sp³-hybridized carbons (Fsp3) is 0.600. The van der Waals surface area contributed by atoms with Crippen LogP contribution in [0.25, 0.3) is 0 Å². The minimum Gasteiger partial charge on any atom is -0.353 e. The van der Waals surface area contributed by atoms with E-state index in [4.69, 9.17) is 5.84 Å². The Hall–Kier alpha value is -1.56. The normalized spacial score (nSPS) is 11.9. The van der Waals surface area contributed by atoms with Gasteiger partial charge < -0.3 is 5.32 Å². The number of hydrazine groups is 1. The van der Waals surface area contributed by atoms with Gasteiger partial charge in [-0.05, 0) is 19.9 Å². The maximum atomic E-state index is 5.34. The van der Waals surface area contributed by atoms with Gasteiger partial charge >= 0.3 is 0 Å². The predicted molar refractivity (Wildman–Crippen MR) is 64.8 cm³/mol. The van der Waals surface area contributed by atoms with E-state index < -0.39 is 0 Å². The van der Waals surface area contributed by atoms with Gasteiger partial charge in [0.25, 0.3) is 0 Å². The molecule has 4 N–H and O–H groups in total. The second-order valence-corrected chi connectivity index (χ2v) is 3.90. The third-order valence-corrected chi connectivity index (χ3v) is 1.97. The number of hydrogen-bond acceptors (Lipinski definition) is 3. The molecule has 0 saturated heterocycles. The average Bonchev–Trinajstić information content (AvgIpc) is 2.62. The Balaban J connectivity index is 2.39. The lowest BCUT2D eigenvalue weighted by atomic mass is 10.3. The summed E-state index contributed by atoms with van der Waals surface area (Å²) in [5.74, 6) is 5.96. The molecule has 0 saturated carbocycles. The number of rotatable bonds is 4. The van der Waals surface area contributed by atoms with Crippen molar-refractivity contribution in [2.45, 2.75) is 26.3 Å². The molecule has 0 atom stereocenters. The largest absolute Gasteiger partial charge is 0.353 e. The van der Waals surface area contributed by atoms with Gasteiger partial charge in [0.05, 0.1) is 5.69 Å². The van der Waals surface area contributed by atoms with Gasteiger partial charge in [0.15, 0.2) is 0 Å². The predicted octanol–water partition coefficient (Wildman–Crippen LogP) is -0.220. The molecule has 6 nitrogen and oxygen atoms in total. The molecule has 0 bridgehead atoms. The highest BCUT2D eigenvalue weighted by Crippen LogP contribution is 1.95. The molecule has 1 rings (SSSR count). The molecule has 90 valence electrons. The zero-order valence-corrected chi connectivity index (χ0v) is 10.1. The van der Waals surface area contributed by atoms with E-state index >= 15 is 0 Å². The van der Waals surface area contributed by atoms with Gasteiger partial charge in [-0.3, -0.25) is 15.1 Å². The van der Waals surface area contributed by atoms with Crippen molar-refractivity contribution in [1.82, 2.24) is 20.5 Å². The van der Waals surface area contributed by atoms with Crippen molar-refractivity contribution < 1.29 is 0 Å². The number of nitrogens with zero attached hydrogens (tertiary/aromatic N) is 3. The fourth-order valence-corrected chi connectivity index (χ4v) is 1.29. The summed E-state index contributed by atoms with van der Waals surface area (Å²) in [6, 6.07) is 2.30. The first-order valence-electron chi connectivity index (χ1n) is 5.38. The van der Waals surface area contributed by atoms with Crippen LogP contribution in [0.5, 0.6) is 0 Å². The molecule has 0 aromatic carbocycles. The smallest absolute Gasteiger partial charge is 0.205 e. The minimum atomic E-state index is 0.310. The quantitative estimate of drug-likeness (QED) is 0.286. The van der Waals surface area contributed by atoms with E-state index in [2.05, 4.69) is 20.8 Å². The molecular weight excluding hydrogens is 204 g/mol. The summed E-state index contributed by atoms with van der Waals surface area (Å²) in [4.78, 5) is 4.31. The number of aromatic nitrogens is 2. The van der Waals surface area contributed by atoms with Gasteiger partial charge in [-0.1, -0.05) is 0 Å². The standard InChI is InChI=1S/C10H20N6/c1-8(2)13-10(14-11)12-6-4-9-5-7-16(3)15-9/h5,7-8H,4,6,11H2,1-3H3,(H2,12,13,14). The zero-order valence-electron chi connectivity index (χ0n) is 10.1. The number of aliphatic imine (C=N–C) groups is 1. The van der Waals surface area contributed by atoms with E-state index in [0.29, 0.717) is 18.5 Å². The molecule has 1 aromatic rings. The average molecular weight is 224 g/mol. The van der Waals surface area contributed by atoms with Crippen molar-refractivity contribution in [2.24, 2.45) is 17.9 Å². The molecule has 0 amide bonds. The summed E-state index contributed by atoms with van der Waals surface area (Å²) in [6.07, 6.45) is 2.74. The highest BCUT2D eigenvalue weighted by molar-refractivity contribution is 5.79. The molecule has 1 heterocycles. The third-order valence-electron chi connectivity index (χ3n) is 1.97. The van der Waals surface area contributed by atoms with E-state index in [1.165, 1.54) is 0 Å². The molecule has 0 spiro atoms. The van der Waals surface area contributed by atoms with Gasteiger partial charge in [0.2, 0.25) is 5.96 Å². The van der Waals surface area contributed by atoms with Gasteiger partial charge in [-0.15, -0.1) is 0 Å². The van der Waals surface area contributed by atoms with Gasteiger partial charge in [-0.25, -0.2) is 5.84 Å². The van der Waals surface area contributed by atoms with Crippen LogP contribution in [-0.2, 0) is 13.5 Å². The van der Waals surface area contributed by atoms with Crippen LogP contribution in [0.1, 0.15) is 19.5 Å². The van der Waals surface area contributed by atoms with Gasteiger partial charge in [-0.2, -0.15) is 5.10 Å². The lowest BCUT2D eigenvalue weighted by Gasteiger charge is -2.11. The summed E-state index contributed by atoms with van der Waals surface area (Å²) in [7, 11) is 1.90. The second kappa shape index (κ2) is 6.12. The van der Waals surface area contributed by atoms with Crippen molar-refractivity contribution in [3.63, 3.8) is 0 Å². The summed E-state index contributed by atoms with van der Waals surface area (Å²) < 4.78 is 1.79. The summed E-state index contributed by atoms with van der Waals surface area (Å²) in [6.45, 7) is 4.73. The Morgan fingerprint density at radius 3 is 2.88 bits per heavy atom. The summed E-state index contributed by atoms with van der Waals surface area (Å²) >= 11 is 0. The van der Waals surface area contributed by atoms with Crippen LogP contribution in [0.3, 0.4) is 0 Å². The van der Waals surface area contributed by atoms with Gasteiger partial charge in [0, 0.05) is 32.3 Å². The van der Waals surface area contributed by atoms with Crippen LogP contribution < -0.4 is 16.6 Å². The molecule has 1 aromatic heterocycles. The minimum absolute atomic E-state index is 0.310. The van der Waals surface area contributed by atoms with Crippen molar-refractivity contribution in [3.8, 4) is 0 Å². The first kappa shape index (κ1) is 12.5. The second-order valence-electron chi connectivity index (χ2n) is 3.90. The van der Waals surface area contributed by atoms with Crippen LogP contribution in [0.4, 0.5) is 0 Å². The van der Waals surface area contributed by atoms with Gasteiger partial charge in [0.1, 0.15) is 0 Å². The Bertz CT molecular complexity index is 341. The van der Waals surface area contributed by atoms with Crippen molar-refractivity contribution in [3.05, 3.63) is 18.0 Å². The molecule has 0 aliphatic heterocycles. The van der Waals surface area contributed by atoms with E-state index in [1.807, 2.05) is 33.2 Å². The number of nitrogens with one attached hydrogen (secondary N) is 2. The van der Waals surface area contributed by atoms with Crippen molar-refractivity contribution in [2.75, 3.05) is 6.54 Å². The van der Waals surface area contributed by atoms with Crippen molar-refractivity contribution >= 4 is 5.96 Å². The van der Waals surface area contributed by atoms with Crippen molar-refractivity contribution in [1.29, 1.82) is 0 Å². The Labute approximate surface area is 95.9 Å². The first-order valence-corrected chi connectivity index (χ1v) is 5.38. The zero-order chi connectivity index (χ0) is 12.0. The molecular formula is C10H20N6. The molecule has 6 heteroatoms. The first-order chi connectivity index (χ1) is 7.61. The SMILES string of the molecule is CC(C)NC(=NCCc1ccn(C)n1)NN. The highest BCUT2D eigenvalue weighted by Gasteiger charge is 1.99. The summed E-state index contributed by atoms with van der Waals surface area (Å²) in [5, 5.41) is 7.38. The van der Waals surface area contributed by atoms with E-state index in [0.717, 1.165) is 12.1 Å².